The van der Waals surface area contributed by atoms with Crippen molar-refractivity contribution in [2.75, 3.05) is 44.2 Å². The lowest BCUT2D eigenvalue weighted by atomic mass is 9.91. The second-order valence-corrected chi connectivity index (χ2v) is 8.46. The lowest BCUT2D eigenvalue weighted by Crippen LogP contribution is -2.52. The van der Waals surface area contributed by atoms with E-state index in [-0.39, 0.29) is 0 Å². The maximum atomic E-state index is 4.94. The number of piperazine rings is 1. The summed E-state index contributed by atoms with van der Waals surface area (Å²) < 4.78 is 0. The standard InChI is InChI=1S/C20H33N5/c1-16(2)6-8-23-9-7-19-17(15-23)14-21-20(22-19)25-12-10-24(11-13-25)18-4-3-5-18/h14,16,18H,3-13,15H2,1-2H3. The molecule has 0 spiro atoms. The van der Waals surface area contributed by atoms with Crippen molar-refractivity contribution in [3.8, 4) is 0 Å². The molecule has 0 N–H and O–H groups in total. The van der Waals surface area contributed by atoms with E-state index in [0.29, 0.717) is 0 Å². The van der Waals surface area contributed by atoms with Crippen LogP contribution in [0, 0.1) is 5.92 Å². The van der Waals surface area contributed by atoms with Crippen LogP contribution in [0.3, 0.4) is 0 Å². The summed E-state index contributed by atoms with van der Waals surface area (Å²) in [6.07, 6.45) is 8.68. The molecule has 2 fully saturated rings. The summed E-state index contributed by atoms with van der Waals surface area (Å²) in [5.74, 6) is 1.74. The summed E-state index contributed by atoms with van der Waals surface area (Å²) in [5, 5.41) is 0. The first-order chi connectivity index (χ1) is 12.2. The van der Waals surface area contributed by atoms with E-state index in [0.717, 1.165) is 50.5 Å². The fraction of sp³-hybridized carbons (Fsp3) is 0.800. The van der Waals surface area contributed by atoms with E-state index in [4.69, 9.17) is 9.97 Å². The van der Waals surface area contributed by atoms with Crippen LogP contribution < -0.4 is 4.90 Å². The van der Waals surface area contributed by atoms with Crippen LogP contribution in [-0.4, -0.2) is 65.1 Å². The first kappa shape index (κ1) is 17.2. The molecule has 3 heterocycles. The first-order valence-electron chi connectivity index (χ1n) is 10.2. The molecule has 0 amide bonds. The van der Waals surface area contributed by atoms with Crippen molar-refractivity contribution in [3.05, 3.63) is 17.5 Å². The summed E-state index contributed by atoms with van der Waals surface area (Å²) >= 11 is 0. The molecule has 0 aromatic carbocycles. The third kappa shape index (κ3) is 3.98. The van der Waals surface area contributed by atoms with E-state index < -0.39 is 0 Å². The van der Waals surface area contributed by atoms with Crippen LogP contribution in [0.1, 0.15) is 50.8 Å². The number of hydrogen-bond donors (Lipinski definition) is 0. The summed E-state index contributed by atoms with van der Waals surface area (Å²) in [7, 11) is 0. The number of nitrogens with zero attached hydrogens (tertiary/aromatic N) is 5. The molecule has 1 aliphatic carbocycles. The van der Waals surface area contributed by atoms with E-state index in [1.807, 2.05) is 0 Å². The first-order valence-corrected chi connectivity index (χ1v) is 10.2. The van der Waals surface area contributed by atoms with Gasteiger partial charge in [0, 0.05) is 63.5 Å². The zero-order chi connectivity index (χ0) is 17.2. The minimum Gasteiger partial charge on any atom is -0.338 e. The molecule has 1 saturated carbocycles. The van der Waals surface area contributed by atoms with Crippen molar-refractivity contribution in [1.29, 1.82) is 0 Å². The van der Waals surface area contributed by atoms with Crippen molar-refractivity contribution < 1.29 is 0 Å². The van der Waals surface area contributed by atoms with Crippen molar-refractivity contribution in [2.45, 2.75) is 58.5 Å². The molecule has 138 valence electrons. The average Bonchev–Trinajstić information content (AvgIpc) is 2.58. The summed E-state index contributed by atoms with van der Waals surface area (Å²) in [4.78, 5) is 17.3. The van der Waals surface area contributed by atoms with E-state index in [1.54, 1.807) is 0 Å². The number of fused-ring (bicyclic) bond motifs is 1. The molecule has 5 heteroatoms. The lowest BCUT2D eigenvalue weighted by Gasteiger charge is -2.43. The lowest BCUT2D eigenvalue weighted by molar-refractivity contribution is 0.120. The van der Waals surface area contributed by atoms with Gasteiger partial charge in [-0.05, 0) is 31.7 Å². The van der Waals surface area contributed by atoms with Crippen molar-refractivity contribution in [1.82, 2.24) is 19.8 Å². The van der Waals surface area contributed by atoms with Gasteiger partial charge in [0.1, 0.15) is 0 Å². The van der Waals surface area contributed by atoms with E-state index >= 15 is 0 Å². The Morgan fingerprint density at radius 2 is 1.92 bits per heavy atom. The van der Waals surface area contributed by atoms with Gasteiger partial charge >= 0.3 is 0 Å². The predicted molar refractivity (Wildman–Crippen MR) is 102 cm³/mol. The van der Waals surface area contributed by atoms with Gasteiger partial charge in [-0.1, -0.05) is 20.3 Å². The highest BCUT2D eigenvalue weighted by Gasteiger charge is 2.29. The summed E-state index contributed by atoms with van der Waals surface area (Å²) in [6.45, 7) is 12.5. The van der Waals surface area contributed by atoms with Gasteiger partial charge in [0.2, 0.25) is 5.95 Å². The molecule has 25 heavy (non-hydrogen) atoms. The number of aromatic nitrogens is 2. The second kappa shape index (κ2) is 7.58. The number of anilines is 1. The summed E-state index contributed by atoms with van der Waals surface area (Å²) in [5.41, 5.74) is 2.62. The van der Waals surface area contributed by atoms with Crippen LogP contribution in [-0.2, 0) is 13.0 Å². The fourth-order valence-electron chi connectivity index (χ4n) is 4.19. The van der Waals surface area contributed by atoms with Crippen LogP contribution in [0.4, 0.5) is 5.95 Å². The van der Waals surface area contributed by atoms with Crippen molar-refractivity contribution in [3.63, 3.8) is 0 Å². The summed E-state index contributed by atoms with van der Waals surface area (Å²) in [6, 6.07) is 0.864. The zero-order valence-electron chi connectivity index (χ0n) is 16.0. The van der Waals surface area contributed by atoms with Gasteiger partial charge in [-0.15, -0.1) is 0 Å². The van der Waals surface area contributed by atoms with Gasteiger partial charge in [-0.3, -0.25) is 9.80 Å². The average molecular weight is 344 g/mol. The van der Waals surface area contributed by atoms with Gasteiger partial charge in [0.15, 0.2) is 0 Å². The number of hydrogen-bond acceptors (Lipinski definition) is 5. The van der Waals surface area contributed by atoms with E-state index in [1.165, 1.54) is 56.6 Å². The molecule has 0 bridgehead atoms. The molecular weight excluding hydrogens is 310 g/mol. The Kier molecular flexibility index (Phi) is 5.23. The van der Waals surface area contributed by atoms with Gasteiger partial charge in [0.05, 0.1) is 5.69 Å². The molecule has 1 aromatic rings. The Balaban J connectivity index is 1.34. The third-order valence-electron chi connectivity index (χ3n) is 6.21. The molecule has 4 rings (SSSR count). The van der Waals surface area contributed by atoms with Crippen LogP contribution in [0.2, 0.25) is 0 Å². The molecule has 0 unspecified atom stereocenters. The van der Waals surface area contributed by atoms with Crippen LogP contribution in [0.25, 0.3) is 0 Å². The van der Waals surface area contributed by atoms with Gasteiger partial charge in [0.25, 0.3) is 0 Å². The van der Waals surface area contributed by atoms with E-state index in [2.05, 4.69) is 34.7 Å². The zero-order valence-corrected chi connectivity index (χ0v) is 16.0. The minimum absolute atomic E-state index is 0.777. The van der Waals surface area contributed by atoms with E-state index in [9.17, 15) is 0 Å². The van der Waals surface area contributed by atoms with Crippen LogP contribution in [0.15, 0.2) is 6.20 Å². The smallest absolute Gasteiger partial charge is 0.225 e. The van der Waals surface area contributed by atoms with Crippen LogP contribution in [0.5, 0.6) is 0 Å². The normalized spacial score (nSPS) is 22.9. The monoisotopic (exact) mass is 343 g/mol. The quantitative estimate of drug-likeness (QED) is 0.821. The topological polar surface area (TPSA) is 35.5 Å². The molecule has 1 aromatic heterocycles. The van der Waals surface area contributed by atoms with Gasteiger partial charge < -0.3 is 4.90 Å². The predicted octanol–water partition coefficient (Wildman–Crippen LogP) is 2.56. The minimum atomic E-state index is 0.777. The molecular formula is C20H33N5. The number of rotatable bonds is 5. The molecule has 2 aliphatic heterocycles. The Bertz CT molecular complexity index is 575. The molecule has 1 saturated heterocycles. The molecule has 3 aliphatic rings. The second-order valence-electron chi connectivity index (χ2n) is 8.46. The Hall–Kier alpha value is -1.20. The maximum Gasteiger partial charge on any atom is 0.225 e. The van der Waals surface area contributed by atoms with Gasteiger partial charge in [-0.2, -0.15) is 0 Å². The van der Waals surface area contributed by atoms with Gasteiger partial charge in [-0.25, -0.2) is 9.97 Å². The molecule has 0 atom stereocenters. The Labute approximate surface area is 152 Å². The van der Waals surface area contributed by atoms with Crippen LogP contribution >= 0.6 is 0 Å². The molecule has 0 radical (unpaired) electrons. The SMILES string of the molecule is CC(C)CCN1CCc2nc(N3CCN(C4CCC4)CC3)ncc2C1. The third-order valence-corrected chi connectivity index (χ3v) is 6.21. The largest absolute Gasteiger partial charge is 0.338 e. The highest BCUT2D eigenvalue weighted by molar-refractivity contribution is 5.35. The Morgan fingerprint density at radius 1 is 1.12 bits per heavy atom. The fourth-order valence-corrected chi connectivity index (χ4v) is 4.19. The highest BCUT2D eigenvalue weighted by atomic mass is 15.3. The highest BCUT2D eigenvalue weighted by Crippen LogP contribution is 2.26. The molecule has 5 nitrogen and oxygen atoms in total. The Morgan fingerprint density at radius 3 is 2.60 bits per heavy atom. The van der Waals surface area contributed by atoms with Crippen molar-refractivity contribution in [2.24, 2.45) is 5.92 Å². The maximum absolute atomic E-state index is 4.94. The van der Waals surface area contributed by atoms with Crippen molar-refractivity contribution >= 4 is 5.95 Å².